The summed E-state index contributed by atoms with van der Waals surface area (Å²) in [6.07, 6.45) is -0.463. The van der Waals surface area contributed by atoms with Crippen molar-refractivity contribution in [3.05, 3.63) is 34.1 Å². The lowest BCUT2D eigenvalue weighted by atomic mass is 10.1. The summed E-state index contributed by atoms with van der Waals surface area (Å²) in [6.45, 7) is 0.245. The number of cyclic esters (lactones) is 1. The Morgan fingerprint density at radius 3 is 2.86 bits per heavy atom. The van der Waals surface area contributed by atoms with Crippen molar-refractivity contribution in [1.82, 2.24) is 5.32 Å². The number of amides is 1. The van der Waals surface area contributed by atoms with Crippen LogP contribution in [0.1, 0.15) is 11.6 Å². The maximum atomic E-state index is 13.0. The Morgan fingerprint density at radius 2 is 2.29 bits per heavy atom. The zero-order valence-corrected chi connectivity index (χ0v) is 8.67. The van der Waals surface area contributed by atoms with E-state index in [1.165, 1.54) is 12.1 Å². The van der Waals surface area contributed by atoms with Crippen molar-refractivity contribution < 1.29 is 13.9 Å². The number of rotatable bonds is 1. The summed E-state index contributed by atoms with van der Waals surface area (Å²) in [4.78, 5) is 10.8. The van der Waals surface area contributed by atoms with Crippen molar-refractivity contribution in [2.24, 2.45) is 0 Å². The molecule has 0 unspecified atom stereocenters. The van der Waals surface area contributed by atoms with Crippen molar-refractivity contribution in [3.63, 3.8) is 0 Å². The van der Waals surface area contributed by atoms with E-state index < -0.39 is 6.09 Å². The van der Waals surface area contributed by atoms with Crippen molar-refractivity contribution >= 4 is 22.0 Å². The van der Waals surface area contributed by atoms with E-state index in [2.05, 4.69) is 21.2 Å². The Labute approximate surface area is 88.4 Å². The molecule has 0 spiro atoms. The fraction of sp³-hybridized carbons (Fsp3) is 0.222. The van der Waals surface area contributed by atoms with Gasteiger partial charge in [0.25, 0.3) is 0 Å². The third-order valence-corrected chi connectivity index (χ3v) is 2.42. The molecule has 0 bridgehead atoms. The standard InChI is InChI=1S/C9H7BrFNO2/c10-6-1-5(2-7(11)3-6)8-4-14-9(13)12-8/h1-3,8H,4H2,(H,12,13)/t8-/m0/s1. The van der Waals surface area contributed by atoms with Crippen LogP contribution in [0.25, 0.3) is 0 Å². The SMILES string of the molecule is O=C1N[C@H](c2cc(F)cc(Br)c2)CO1. The second-order valence-electron chi connectivity index (χ2n) is 3.00. The van der Waals surface area contributed by atoms with Gasteiger partial charge in [-0.25, -0.2) is 9.18 Å². The van der Waals surface area contributed by atoms with Crippen molar-refractivity contribution in [1.29, 1.82) is 0 Å². The van der Waals surface area contributed by atoms with E-state index in [9.17, 15) is 9.18 Å². The van der Waals surface area contributed by atoms with E-state index in [1.54, 1.807) is 6.07 Å². The van der Waals surface area contributed by atoms with E-state index >= 15 is 0 Å². The Balaban J connectivity index is 2.27. The molecule has 1 aliphatic heterocycles. The van der Waals surface area contributed by atoms with Crippen molar-refractivity contribution in [2.75, 3.05) is 6.61 Å². The minimum atomic E-state index is -0.463. The van der Waals surface area contributed by atoms with Gasteiger partial charge in [0, 0.05) is 4.47 Å². The van der Waals surface area contributed by atoms with Gasteiger partial charge in [-0.1, -0.05) is 15.9 Å². The van der Waals surface area contributed by atoms with Gasteiger partial charge in [-0.2, -0.15) is 0 Å². The van der Waals surface area contributed by atoms with E-state index in [1.807, 2.05) is 0 Å². The van der Waals surface area contributed by atoms with Crippen molar-refractivity contribution in [3.8, 4) is 0 Å². The van der Waals surface area contributed by atoms with Gasteiger partial charge >= 0.3 is 6.09 Å². The van der Waals surface area contributed by atoms with Crippen LogP contribution in [0, 0.1) is 5.82 Å². The molecule has 1 aromatic carbocycles. The van der Waals surface area contributed by atoms with Crippen LogP contribution in [0.4, 0.5) is 9.18 Å². The average Bonchev–Trinajstić information content (AvgIpc) is 2.50. The molecular weight excluding hydrogens is 253 g/mol. The smallest absolute Gasteiger partial charge is 0.407 e. The molecule has 0 radical (unpaired) electrons. The first-order valence-electron chi connectivity index (χ1n) is 4.04. The van der Waals surface area contributed by atoms with Crippen LogP contribution in [-0.2, 0) is 4.74 Å². The summed E-state index contributed by atoms with van der Waals surface area (Å²) >= 11 is 3.18. The van der Waals surface area contributed by atoms with Gasteiger partial charge in [0.15, 0.2) is 0 Å². The molecule has 1 amide bonds. The maximum absolute atomic E-state index is 13.0. The molecule has 1 aromatic rings. The van der Waals surface area contributed by atoms with Crippen LogP contribution in [0.15, 0.2) is 22.7 Å². The monoisotopic (exact) mass is 259 g/mol. The zero-order chi connectivity index (χ0) is 10.1. The molecule has 74 valence electrons. The molecule has 1 fully saturated rings. The summed E-state index contributed by atoms with van der Waals surface area (Å²) in [5.74, 6) is -0.337. The number of hydrogen-bond acceptors (Lipinski definition) is 2. The number of halogens is 2. The lowest BCUT2D eigenvalue weighted by Crippen LogP contribution is -2.18. The first-order valence-corrected chi connectivity index (χ1v) is 4.84. The molecule has 3 nitrogen and oxygen atoms in total. The first kappa shape index (κ1) is 9.45. The number of ether oxygens (including phenoxy) is 1. The summed E-state index contributed by atoms with van der Waals surface area (Å²) < 4.78 is 18.4. The van der Waals surface area contributed by atoms with Crippen LogP contribution in [-0.4, -0.2) is 12.7 Å². The number of carbonyl (C=O) groups is 1. The molecule has 1 atom stereocenters. The van der Waals surface area contributed by atoms with Crippen LogP contribution >= 0.6 is 15.9 Å². The average molecular weight is 260 g/mol. The van der Waals surface area contributed by atoms with E-state index in [0.29, 0.717) is 10.0 Å². The van der Waals surface area contributed by atoms with Gasteiger partial charge in [-0.3, -0.25) is 0 Å². The lowest BCUT2D eigenvalue weighted by Gasteiger charge is -2.07. The molecule has 1 saturated heterocycles. The topological polar surface area (TPSA) is 38.3 Å². The molecule has 0 aromatic heterocycles. The fourth-order valence-corrected chi connectivity index (χ4v) is 1.82. The number of alkyl carbamates (subject to hydrolysis) is 1. The third kappa shape index (κ3) is 1.87. The quantitative estimate of drug-likeness (QED) is 0.841. The molecular formula is C9H7BrFNO2. The molecule has 0 saturated carbocycles. The summed E-state index contributed by atoms with van der Waals surface area (Å²) in [6, 6.07) is 4.24. The van der Waals surface area contributed by atoms with Gasteiger partial charge in [0.1, 0.15) is 12.4 Å². The highest BCUT2D eigenvalue weighted by atomic mass is 79.9. The molecule has 0 aliphatic carbocycles. The second kappa shape index (κ2) is 3.57. The minimum Gasteiger partial charge on any atom is -0.447 e. The lowest BCUT2D eigenvalue weighted by molar-refractivity contribution is 0.177. The third-order valence-electron chi connectivity index (χ3n) is 1.96. The minimum absolute atomic E-state index is 0.245. The molecule has 1 N–H and O–H groups in total. The summed E-state index contributed by atoms with van der Waals surface area (Å²) in [5.41, 5.74) is 0.697. The van der Waals surface area contributed by atoms with Crippen LogP contribution < -0.4 is 5.32 Å². The fourth-order valence-electron chi connectivity index (χ4n) is 1.34. The number of hydrogen-bond donors (Lipinski definition) is 1. The van der Waals surface area contributed by atoms with Gasteiger partial charge in [-0.15, -0.1) is 0 Å². The van der Waals surface area contributed by atoms with Gasteiger partial charge in [0.05, 0.1) is 6.04 Å². The Morgan fingerprint density at radius 1 is 1.50 bits per heavy atom. The summed E-state index contributed by atoms with van der Waals surface area (Å²) in [5, 5.41) is 2.58. The van der Waals surface area contributed by atoms with E-state index in [4.69, 9.17) is 4.74 Å². The normalized spacial score (nSPS) is 20.4. The largest absolute Gasteiger partial charge is 0.447 e. The molecule has 5 heteroatoms. The molecule has 1 aliphatic rings. The van der Waals surface area contributed by atoms with Gasteiger partial charge in [0.2, 0.25) is 0 Å². The Bertz CT molecular complexity index is 363. The second-order valence-corrected chi connectivity index (χ2v) is 3.91. The number of nitrogens with one attached hydrogen (secondary N) is 1. The highest BCUT2D eigenvalue weighted by Gasteiger charge is 2.24. The summed E-state index contributed by atoms with van der Waals surface area (Å²) in [7, 11) is 0. The predicted molar refractivity (Wildman–Crippen MR) is 51.3 cm³/mol. The van der Waals surface area contributed by atoms with Gasteiger partial charge < -0.3 is 10.1 Å². The van der Waals surface area contributed by atoms with Gasteiger partial charge in [-0.05, 0) is 23.8 Å². The van der Waals surface area contributed by atoms with Crippen molar-refractivity contribution in [2.45, 2.75) is 6.04 Å². The van der Waals surface area contributed by atoms with E-state index in [0.717, 1.165) is 0 Å². The predicted octanol–water partition coefficient (Wildman–Crippen LogP) is 2.37. The Hall–Kier alpha value is -1.10. The maximum Gasteiger partial charge on any atom is 0.407 e. The van der Waals surface area contributed by atoms with Crippen LogP contribution in [0.5, 0.6) is 0 Å². The molecule has 2 rings (SSSR count). The molecule has 14 heavy (non-hydrogen) atoms. The highest BCUT2D eigenvalue weighted by molar-refractivity contribution is 9.10. The zero-order valence-electron chi connectivity index (χ0n) is 7.09. The molecule has 1 heterocycles. The van der Waals surface area contributed by atoms with Crippen LogP contribution in [0.2, 0.25) is 0 Å². The highest BCUT2D eigenvalue weighted by Crippen LogP contribution is 2.23. The van der Waals surface area contributed by atoms with Crippen LogP contribution in [0.3, 0.4) is 0 Å². The number of benzene rings is 1. The van der Waals surface area contributed by atoms with E-state index in [-0.39, 0.29) is 18.5 Å². The first-order chi connectivity index (χ1) is 6.65. The number of carbonyl (C=O) groups excluding carboxylic acids is 1. The Kier molecular flexibility index (Phi) is 2.41.